The fourth-order valence-electron chi connectivity index (χ4n) is 5.53. The molecule has 2 unspecified atom stereocenters. The van der Waals surface area contributed by atoms with Crippen LogP contribution in [0.4, 0.5) is 5.82 Å². The average molecular weight is 565 g/mol. The number of methoxy groups -OCH3 is 1. The molecule has 2 aromatic rings. The lowest BCUT2D eigenvalue weighted by atomic mass is 9.91. The SMILES string of the molecule is CCCCn1c(N2CC(C)CC(C)C2)c(C=C2SC(=S)N(Cc3ccc(OC)cc3)C2=O)c(C)c(C#N)c1=O. The minimum atomic E-state index is -0.256. The van der Waals surface area contributed by atoms with Gasteiger partial charge in [-0.05, 0) is 60.9 Å². The second-order valence-corrected chi connectivity index (χ2v) is 12.3. The van der Waals surface area contributed by atoms with E-state index in [9.17, 15) is 14.9 Å². The van der Waals surface area contributed by atoms with Crippen molar-refractivity contribution < 1.29 is 9.53 Å². The maximum atomic E-state index is 13.6. The summed E-state index contributed by atoms with van der Waals surface area (Å²) < 4.78 is 7.50. The fourth-order valence-corrected chi connectivity index (χ4v) is 6.76. The number of carbonyl (C=O) groups excluding carboxylic acids is 1. The predicted octanol–water partition coefficient (Wildman–Crippen LogP) is 5.72. The molecule has 0 saturated carbocycles. The number of benzene rings is 1. The van der Waals surface area contributed by atoms with Crippen LogP contribution in [0.1, 0.15) is 62.3 Å². The number of pyridine rings is 1. The standard InChI is InChI=1S/C30H36N4O3S2/c1-6-7-12-33-27(32-16-19(2)13-20(3)17-32)24(21(4)25(15-31)28(33)35)14-26-29(36)34(30(38)39-26)18-22-8-10-23(37-5)11-9-22/h8-11,14,19-20H,6-7,12-13,16-18H2,1-5H3. The van der Waals surface area contributed by atoms with E-state index in [1.807, 2.05) is 37.3 Å². The summed E-state index contributed by atoms with van der Waals surface area (Å²) >= 11 is 6.88. The summed E-state index contributed by atoms with van der Waals surface area (Å²) in [5, 5.41) is 9.95. The van der Waals surface area contributed by atoms with Crippen molar-refractivity contribution >= 4 is 46.1 Å². The zero-order valence-corrected chi connectivity index (χ0v) is 25.0. The molecule has 206 valence electrons. The van der Waals surface area contributed by atoms with Crippen molar-refractivity contribution in [2.45, 2.75) is 60.0 Å². The average Bonchev–Trinajstić information content (AvgIpc) is 3.16. The molecule has 0 bridgehead atoms. The number of amides is 1. The number of rotatable bonds is 8. The van der Waals surface area contributed by atoms with Crippen LogP contribution >= 0.6 is 24.0 Å². The quantitative estimate of drug-likeness (QED) is 0.300. The Hall–Kier alpha value is -3.09. The Balaban J connectivity index is 1.81. The predicted molar refractivity (Wildman–Crippen MR) is 162 cm³/mol. The molecule has 2 fully saturated rings. The number of thiocarbonyl (C=S) groups is 1. The molecule has 2 atom stereocenters. The number of carbonyl (C=O) groups is 1. The van der Waals surface area contributed by atoms with Crippen molar-refractivity contribution in [2.75, 3.05) is 25.1 Å². The molecule has 2 aliphatic heterocycles. The summed E-state index contributed by atoms with van der Waals surface area (Å²) in [4.78, 5) is 31.5. The summed E-state index contributed by atoms with van der Waals surface area (Å²) in [6.45, 7) is 10.9. The molecule has 0 radical (unpaired) electrons. The van der Waals surface area contributed by atoms with E-state index in [2.05, 4.69) is 31.7 Å². The van der Waals surface area contributed by atoms with Crippen molar-refractivity contribution in [3.63, 3.8) is 0 Å². The largest absolute Gasteiger partial charge is 0.497 e. The number of hydrogen-bond acceptors (Lipinski definition) is 7. The van der Waals surface area contributed by atoms with E-state index in [0.29, 0.717) is 39.7 Å². The monoisotopic (exact) mass is 564 g/mol. The van der Waals surface area contributed by atoms with Gasteiger partial charge in [-0.2, -0.15) is 5.26 Å². The van der Waals surface area contributed by atoms with Crippen molar-refractivity contribution in [2.24, 2.45) is 11.8 Å². The van der Waals surface area contributed by atoms with Crippen LogP contribution in [0.25, 0.3) is 6.08 Å². The topological polar surface area (TPSA) is 78.6 Å². The lowest BCUT2D eigenvalue weighted by Crippen LogP contribution is -2.43. The molecule has 0 spiro atoms. The molecule has 2 saturated heterocycles. The second-order valence-electron chi connectivity index (χ2n) is 10.6. The minimum absolute atomic E-state index is 0.132. The van der Waals surface area contributed by atoms with Gasteiger partial charge >= 0.3 is 0 Å². The normalized spacial score (nSPS) is 20.6. The molecule has 39 heavy (non-hydrogen) atoms. The first-order valence-corrected chi connectivity index (χ1v) is 14.7. The second kappa shape index (κ2) is 12.4. The number of anilines is 1. The van der Waals surface area contributed by atoms with Crippen LogP contribution in [0.15, 0.2) is 34.0 Å². The van der Waals surface area contributed by atoms with Gasteiger partial charge in [0.05, 0.1) is 18.6 Å². The van der Waals surface area contributed by atoms with Crippen LogP contribution in [-0.2, 0) is 17.9 Å². The molecule has 1 amide bonds. The highest BCUT2D eigenvalue weighted by Crippen LogP contribution is 2.38. The van der Waals surface area contributed by atoms with Crippen molar-refractivity contribution in [3.05, 3.63) is 61.8 Å². The summed E-state index contributed by atoms with van der Waals surface area (Å²) in [6.07, 6.45) is 4.73. The fraction of sp³-hybridized carbons (Fsp3) is 0.467. The van der Waals surface area contributed by atoms with Gasteiger partial charge in [-0.3, -0.25) is 19.1 Å². The molecule has 7 nitrogen and oxygen atoms in total. The van der Waals surface area contributed by atoms with Crippen LogP contribution in [0.3, 0.4) is 0 Å². The summed E-state index contributed by atoms with van der Waals surface area (Å²) in [6, 6.07) is 9.71. The zero-order chi connectivity index (χ0) is 28.3. The van der Waals surface area contributed by atoms with Crippen LogP contribution in [0, 0.1) is 30.1 Å². The molecule has 3 heterocycles. The smallest absolute Gasteiger partial charge is 0.270 e. The number of nitriles is 1. The van der Waals surface area contributed by atoms with Gasteiger partial charge in [0, 0.05) is 25.2 Å². The lowest BCUT2D eigenvalue weighted by Gasteiger charge is -2.39. The molecule has 9 heteroatoms. The Labute approximate surface area is 240 Å². The van der Waals surface area contributed by atoms with Crippen molar-refractivity contribution in [1.82, 2.24) is 9.47 Å². The maximum absolute atomic E-state index is 13.6. The van der Waals surface area contributed by atoms with Gasteiger partial charge in [-0.1, -0.05) is 63.3 Å². The summed E-state index contributed by atoms with van der Waals surface area (Å²) in [5.41, 5.74) is 2.19. The molecule has 2 aliphatic rings. The van der Waals surface area contributed by atoms with Crippen LogP contribution in [-0.4, -0.2) is 39.9 Å². The first-order valence-electron chi connectivity index (χ1n) is 13.5. The number of thioether (sulfide) groups is 1. The van der Waals surface area contributed by atoms with E-state index in [1.54, 1.807) is 16.6 Å². The highest BCUT2D eigenvalue weighted by Gasteiger charge is 2.34. The Morgan fingerprint density at radius 3 is 2.44 bits per heavy atom. The van der Waals surface area contributed by atoms with E-state index in [1.165, 1.54) is 11.8 Å². The third kappa shape index (κ3) is 6.07. The van der Waals surface area contributed by atoms with Gasteiger partial charge in [0.25, 0.3) is 11.5 Å². The van der Waals surface area contributed by atoms with E-state index in [-0.39, 0.29) is 17.0 Å². The first-order chi connectivity index (χ1) is 18.7. The Morgan fingerprint density at radius 1 is 1.18 bits per heavy atom. The number of piperidine rings is 1. The minimum Gasteiger partial charge on any atom is -0.497 e. The molecule has 1 aromatic heterocycles. The van der Waals surface area contributed by atoms with Gasteiger partial charge in [-0.15, -0.1) is 0 Å². The number of ether oxygens (including phenoxy) is 1. The number of nitrogens with zero attached hydrogens (tertiary/aromatic N) is 4. The van der Waals surface area contributed by atoms with Gasteiger partial charge < -0.3 is 9.64 Å². The molecule has 0 N–H and O–H groups in total. The van der Waals surface area contributed by atoms with Gasteiger partial charge in [-0.25, -0.2) is 0 Å². The van der Waals surface area contributed by atoms with Gasteiger partial charge in [0.1, 0.15) is 27.5 Å². The molecular weight excluding hydrogens is 528 g/mol. The highest BCUT2D eigenvalue weighted by molar-refractivity contribution is 8.26. The van der Waals surface area contributed by atoms with Gasteiger partial charge in [0.15, 0.2) is 0 Å². The van der Waals surface area contributed by atoms with Crippen LogP contribution in [0.5, 0.6) is 5.75 Å². The van der Waals surface area contributed by atoms with Crippen LogP contribution in [0.2, 0.25) is 0 Å². The molecule has 1 aromatic carbocycles. The highest BCUT2D eigenvalue weighted by atomic mass is 32.2. The molecular formula is C30H36N4O3S2. The van der Waals surface area contributed by atoms with E-state index in [4.69, 9.17) is 17.0 Å². The lowest BCUT2D eigenvalue weighted by molar-refractivity contribution is -0.122. The van der Waals surface area contributed by atoms with E-state index < -0.39 is 0 Å². The zero-order valence-electron chi connectivity index (χ0n) is 23.3. The number of aromatic nitrogens is 1. The van der Waals surface area contributed by atoms with E-state index in [0.717, 1.165) is 55.0 Å². The van der Waals surface area contributed by atoms with Crippen LogP contribution < -0.4 is 15.2 Å². The van der Waals surface area contributed by atoms with E-state index >= 15 is 0 Å². The molecule has 0 aliphatic carbocycles. The number of hydrogen-bond donors (Lipinski definition) is 0. The molecule has 4 rings (SSSR count). The van der Waals surface area contributed by atoms with Gasteiger partial charge in [0.2, 0.25) is 0 Å². The third-order valence-corrected chi connectivity index (χ3v) is 8.78. The Morgan fingerprint density at radius 2 is 1.85 bits per heavy atom. The Kier molecular flexibility index (Phi) is 9.19. The van der Waals surface area contributed by atoms with Crippen molar-refractivity contribution in [1.29, 1.82) is 5.26 Å². The third-order valence-electron chi connectivity index (χ3n) is 7.40. The summed E-state index contributed by atoms with van der Waals surface area (Å²) in [5.74, 6) is 2.32. The number of unbranched alkanes of at least 4 members (excludes halogenated alkanes) is 1. The van der Waals surface area contributed by atoms with Crippen molar-refractivity contribution in [3.8, 4) is 11.8 Å². The summed E-state index contributed by atoms with van der Waals surface area (Å²) in [7, 11) is 1.62. The Bertz CT molecular complexity index is 1380. The maximum Gasteiger partial charge on any atom is 0.270 e. The first kappa shape index (κ1) is 28.9.